The maximum Gasteiger partial charge on any atom is 0.257 e. The lowest BCUT2D eigenvalue weighted by Crippen LogP contribution is -2.55. The molecule has 1 aliphatic heterocycles. The summed E-state index contributed by atoms with van der Waals surface area (Å²) in [4.78, 5) is 34.1. The van der Waals surface area contributed by atoms with Gasteiger partial charge >= 0.3 is 0 Å². The summed E-state index contributed by atoms with van der Waals surface area (Å²) in [5.74, 6) is 0.220. The first-order valence-electron chi connectivity index (χ1n) is 12.3. The van der Waals surface area contributed by atoms with Gasteiger partial charge in [-0.2, -0.15) is 0 Å². The molecule has 4 rings (SSSR count). The van der Waals surface area contributed by atoms with E-state index in [-0.39, 0.29) is 29.6 Å². The number of carbonyl (C=O) groups is 2. The molecule has 2 aliphatic rings. The van der Waals surface area contributed by atoms with Crippen LogP contribution >= 0.6 is 0 Å². The summed E-state index contributed by atoms with van der Waals surface area (Å²) in [5.41, 5.74) is 3.42. The van der Waals surface area contributed by atoms with E-state index < -0.39 is 0 Å². The van der Waals surface area contributed by atoms with E-state index in [4.69, 9.17) is 0 Å². The summed E-state index contributed by atoms with van der Waals surface area (Å²) in [6.07, 6.45) is 5.09. The van der Waals surface area contributed by atoms with Gasteiger partial charge in [-0.3, -0.25) is 19.5 Å². The highest BCUT2D eigenvalue weighted by atomic mass is 19.1. The van der Waals surface area contributed by atoms with Crippen molar-refractivity contribution in [1.29, 1.82) is 0 Å². The number of amides is 2. The minimum atomic E-state index is -0.380. The zero-order valence-electron chi connectivity index (χ0n) is 20.6. The maximum atomic E-state index is 14.5. The van der Waals surface area contributed by atoms with Crippen molar-refractivity contribution in [3.05, 3.63) is 58.7 Å². The molecule has 7 heteroatoms. The number of nitrogens with one attached hydrogen (secondary N) is 1. The van der Waals surface area contributed by atoms with E-state index in [1.165, 1.54) is 31.5 Å². The van der Waals surface area contributed by atoms with E-state index in [0.29, 0.717) is 30.3 Å². The normalized spacial score (nSPS) is 20.0. The summed E-state index contributed by atoms with van der Waals surface area (Å²) in [6, 6.07) is 6.50. The van der Waals surface area contributed by atoms with Crippen molar-refractivity contribution in [1.82, 2.24) is 14.8 Å². The monoisotopic (exact) mass is 466 g/mol. The summed E-state index contributed by atoms with van der Waals surface area (Å²) in [7, 11) is 0. The smallest absolute Gasteiger partial charge is 0.257 e. The first kappa shape index (κ1) is 24.3. The molecule has 2 aromatic rings. The molecule has 0 radical (unpaired) electrons. The largest absolute Gasteiger partial charge is 0.337 e. The first-order chi connectivity index (χ1) is 16.2. The quantitative estimate of drug-likeness (QED) is 0.678. The number of halogens is 1. The van der Waals surface area contributed by atoms with Crippen molar-refractivity contribution in [2.24, 2.45) is 11.8 Å². The zero-order chi connectivity index (χ0) is 24.4. The van der Waals surface area contributed by atoms with Gasteiger partial charge in [0.05, 0.1) is 5.56 Å². The number of benzene rings is 1. The van der Waals surface area contributed by atoms with Crippen LogP contribution in [0.1, 0.15) is 60.3 Å². The standard InChI is InChI=1S/C27H35FN4O2/c1-17-8-9-22(14-29-17)26(33)30-25-13-24(28)12-23(19(25)3)16-31-10-11-32(18(2)15-31)27(34)20(4)21-6-5-7-21/h8-9,12-14,18,20-21H,5-7,10-11,15-16H2,1-4H3,(H,30,33). The van der Waals surface area contributed by atoms with E-state index in [0.717, 1.165) is 29.9 Å². The molecule has 34 heavy (non-hydrogen) atoms. The molecule has 1 N–H and O–H groups in total. The van der Waals surface area contributed by atoms with Gasteiger partial charge < -0.3 is 10.2 Å². The second kappa shape index (κ2) is 10.2. The van der Waals surface area contributed by atoms with Gasteiger partial charge in [0, 0.05) is 55.7 Å². The third kappa shape index (κ3) is 5.30. The number of hydrogen-bond donors (Lipinski definition) is 1. The Hall–Kier alpha value is -2.80. The van der Waals surface area contributed by atoms with Crippen molar-refractivity contribution in [2.75, 3.05) is 25.0 Å². The van der Waals surface area contributed by atoms with Crippen LogP contribution < -0.4 is 5.32 Å². The van der Waals surface area contributed by atoms with Gasteiger partial charge in [0.15, 0.2) is 0 Å². The van der Waals surface area contributed by atoms with Crippen molar-refractivity contribution >= 4 is 17.5 Å². The molecule has 2 amide bonds. The topological polar surface area (TPSA) is 65.5 Å². The number of piperazine rings is 1. The first-order valence-corrected chi connectivity index (χ1v) is 12.3. The molecule has 182 valence electrons. The highest BCUT2D eigenvalue weighted by Gasteiger charge is 2.35. The molecule has 1 aromatic carbocycles. The minimum Gasteiger partial charge on any atom is -0.337 e. The second-order valence-electron chi connectivity index (χ2n) is 9.98. The van der Waals surface area contributed by atoms with Gasteiger partial charge in [-0.25, -0.2) is 4.39 Å². The van der Waals surface area contributed by atoms with E-state index in [9.17, 15) is 14.0 Å². The van der Waals surface area contributed by atoms with Crippen LogP contribution in [-0.2, 0) is 11.3 Å². The Labute approximate surface area is 201 Å². The molecule has 1 aliphatic carbocycles. The van der Waals surface area contributed by atoms with Crippen LogP contribution in [0.5, 0.6) is 0 Å². The lowest BCUT2D eigenvalue weighted by molar-refractivity contribution is -0.142. The Balaban J connectivity index is 1.41. The Bertz CT molecular complexity index is 1050. The van der Waals surface area contributed by atoms with Gasteiger partial charge in [0.25, 0.3) is 5.91 Å². The molecule has 2 atom stereocenters. The fourth-order valence-electron chi connectivity index (χ4n) is 4.97. The molecule has 2 unspecified atom stereocenters. The molecular formula is C27H35FN4O2. The van der Waals surface area contributed by atoms with Crippen molar-refractivity contribution in [3.63, 3.8) is 0 Å². The number of anilines is 1. The predicted octanol–water partition coefficient (Wildman–Crippen LogP) is 4.56. The number of nitrogens with zero attached hydrogens (tertiary/aromatic N) is 3. The van der Waals surface area contributed by atoms with E-state index in [1.807, 2.05) is 18.7 Å². The highest BCUT2D eigenvalue weighted by Crippen LogP contribution is 2.35. The predicted molar refractivity (Wildman–Crippen MR) is 131 cm³/mol. The van der Waals surface area contributed by atoms with Gasteiger partial charge in [-0.15, -0.1) is 0 Å². The number of aromatic nitrogens is 1. The van der Waals surface area contributed by atoms with Gasteiger partial charge in [0.2, 0.25) is 5.91 Å². The summed E-state index contributed by atoms with van der Waals surface area (Å²) < 4.78 is 14.5. The number of pyridine rings is 1. The van der Waals surface area contributed by atoms with Crippen LogP contribution in [0.25, 0.3) is 0 Å². The minimum absolute atomic E-state index is 0.100. The van der Waals surface area contributed by atoms with Crippen LogP contribution in [0.3, 0.4) is 0 Å². The molecule has 1 saturated heterocycles. The lowest BCUT2D eigenvalue weighted by atomic mass is 9.76. The van der Waals surface area contributed by atoms with E-state index in [2.05, 4.69) is 29.0 Å². The molecule has 2 heterocycles. The van der Waals surface area contributed by atoms with Crippen LogP contribution in [0.2, 0.25) is 0 Å². The fourth-order valence-corrected chi connectivity index (χ4v) is 4.97. The molecule has 1 saturated carbocycles. The SMILES string of the molecule is Cc1ccc(C(=O)Nc2cc(F)cc(CN3CCN(C(=O)C(C)C4CCC4)C(C)C3)c2C)cn1. The van der Waals surface area contributed by atoms with Crippen molar-refractivity contribution in [2.45, 2.75) is 59.5 Å². The number of aryl methyl sites for hydroxylation is 1. The van der Waals surface area contributed by atoms with E-state index in [1.54, 1.807) is 18.2 Å². The Morgan fingerprint density at radius 2 is 1.97 bits per heavy atom. The molecule has 1 aromatic heterocycles. The zero-order valence-corrected chi connectivity index (χ0v) is 20.6. The Morgan fingerprint density at radius 1 is 1.21 bits per heavy atom. The van der Waals surface area contributed by atoms with Crippen LogP contribution in [0.15, 0.2) is 30.5 Å². The van der Waals surface area contributed by atoms with Gasteiger partial charge in [-0.1, -0.05) is 13.3 Å². The number of rotatable bonds is 6. The summed E-state index contributed by atoms with van der Waals surface area (Å²) in [6.45, 7) is 10.7. The molecule has 2 fully saturated rings. The van der Waals surface area contributed by atoms with Crippen molar-refractivity contribution in [3.8, 4) is 0 Å². The summed E-state index contributed by atoms with van der Waals surface area (Å²) >= 11 is 0. The molecule has 0 spiro atoms. The molecular weight excluding hydrogens is 431 g/mol. The van der Waals surface area contributed by atoms with Crippen molar-refractivity contribution < 1.29 is 14.0 Å². The molecule has 6 nitrogen and oxygen atoms in total. The number of hydrogen-bond acceptors (Lipinski definition) is 4. The Morgan fingerprint density at radius 3 is 2.59 bits per heavy atom. The second-order valence-corrected chi connectivity index (χ2v) is 9.98. The lowest BCUT2D eigenvalue weighted by Gasteiger charge is -2.43. The van der Waals surface area contributed by atoms with Crippen LogP contribution in [-0.4, -0.2) is 52.3 Å². The van der Waals surface area contributed by atoms with Gasteiger partial charge in [0.1, 0.15) is 5.82 Å². The van der Waals surface area contributed by atoms with Crippen LogP contribution in [0, 0.1) is 31.5 Å². The average Bonchev–Trinajstić information content (AvgIpc) is 2.75. The van der Waals surface area contributed by atoms with E-state index >= 15 is 0 Å². The fraction of sp³-hybridized carbons (Fsp3) is 0.519. The summed E-state index contributed by atoms with van der Waals surface area (Å²) in [5, 5.41) is 2.84. The third-order valence-electron chi connectivity index (χ3n) is 7.54. The number of carbonyl (C=O) groups excluding carboxylic acids is 2. The molecule has 0 bridgehead atoms. The van der Waals surface area contributed by atoms with Crippen LogP contribution in [0.4, 0.5) is 10.1 Å². The average molecular weight is 467 g/mol. The van der Waals surface area contributed by atoms with Gasteiger partial charge in [-0.05, 0) is 74.9 Å². The third-order valence-corrected chi connectivity index (χ3v) is 7.54. The Kier molecular flexibility index (Phi) is 7.31. The highest BCUT2D eigenvalue weighted by molar-refractivity contribution is 6.04. The maximum absolute atomic E-state index is 14.5.